The summed E-state index contributed by atoms with van der Waals surface area (Å²) in [5.41, 5.74) is 1.16. The summed E-state index contributed by atoms with van der Waals surface area (Å²) in [7, 11) is -1.04. The maximum atomic E-state index is 14.2. The van der Waals surface area contributed by atoms with Crippen molar-refractivity contribution < 1.29 is 32.6 Å². The molecule has 2 N–H and O–H groups in total. The van der Waals surface area contributed by atoms with E-state index in [4.69, 9.17) is 21.1 Å². The highest BCUT2D eigenvalue weighted by Gasteiger charge is 2.47. The normalized spacial score (nSPS) is 28.2. The van der Waals surface area contributed by atoms with Gasteiger partial charge in [-0.2, -0.15) is 0 Å². The second kappa shape index (κ2) is 14.7. The fourth-order valence-electron chi connectivity index (χ4n) is 8.58. The van der Waals surface area contributed by atoms with Crippen molar-refractivity contribution in [3.63, 3.8) is 0 Å². The minimum Gasteiger partial charge on any atom is -0.490 e. The molecule has 53 heavy (non-hydrogen) atoms. The number of carbonyl (C=O) groups excluding carboxylic acids is 2. The highest BCUT2D eigenvalue weighted by atomic mass is 35.5. The van der Waals surface area contributed by atoms with Gasteiger partial charge in [0.1, 0.15) is 5.75 Å². The lowest BCUT2D eigenvalue weighted by Gasteiger charge is -2.46. The summed E-state index contributed by atoms with van der Waals surface area (Å²) in [5.74, 6) is -0.563. The van der Waals surface area contributed by atoms with Crippen LogP contribution in [0.4, 0.5) is 5.69 Å². The largest absolute Gasteiger partial charge is 0.490 e. The summed E-state index contributed by atoms with van der Waals surface area (Å²) in [6, 6.07) is 17.2. The highest BCUT2D eigenvalue weighted by Crippen LogP contribution is 2.48. The van der Waals surface area contributed by atoms with Crippen LogP contribution >= 0.6 is 11.6 Å². The number of halogens is 1. The molecule has 5 atom stereocenters. The molecule has 2 amide bonds. The molecule has 2 aliphatic heterocycles. The van der Waals surface area contributed by atoms with Crippen LogP contribution in [-0.2, 0) is 41.8 Å². The van der Waals surface area contributed by atoms with Crippen LogP contribution in [0, 0.1) is 18.8 Å². The zero-order valence-electron chi connectivity index (χ0n) is 30.5. The minimum atomic E-state index is -4.39. The van der Waals surface area contributed by atoms with Crippen LogP contribution < -0.4 is 14.4 Å². The Labute approximate surface area is 317 Å². The van der Waals surface area contributed by atoms with Crippen molar-refractivity contribution in [3.8, 4) is 5.75 Å². The Kier molecular flexibility index (Phi) is 10.4. The summed E-state index contributed by atoms with van der Waals surface area (Å²) in [6.07, 6.45) is 8.73. The number of nitrogens with zero attached hydrogens (tertiary/aromatic N) is 2. The Balaban J connectivity index is 1.33. The number of hydrogen-bond acceptors (Lipinski definition) is 8. The quantitative estimate of drug-likeness (QED) is 0.327. The van der Waals surface area contributed by atoms with E-state index in [1.807, 2.05) is 19.1 Å². The average molecular weight is 762 g/mol. The number of ether oxygens (including phenoxy) is 2. The molecule has 0 unspecified atom stereocenters. The zero-order chi connectivity index (χ0) is 37.5. The minimum absolute atomic E-state index is 0.0764. The van der Waals surface area contributed by atoms with Crippen molar-refractivity contribution in [1.29, 1.82) is 0 Å². The smallest absolute Gasteiger partial charge is 0.270 e. The Bertz CT molecular complexity index is 2020. The number of hydrogen-bond donors (Lipinski definition) is 2. The Morgan fingerprint density at radius 1 is 1.09 bits per heavy atom. The van der Waals surface area contributed by atoms with Crippen LogP contribution in [0.1, 0.15) is 60.8 Å². The van der Waals surface area contributed by atoms with Gasteiger partial charge in [0.25, 0.3) is 15.9 Å². The van der Waals surface area contributed by atoms with E-state index in [0.29, 0.717) is 55.0 Å². The van der Waals surface area contributed by atoms with Gasteiger partial charge in [0, 0.05) is 44.2 Å². The van der Waals surface area contributed by atoms with Gasteiger partial charge in [-0.1, -0.05) is 53.6 Å². The molecule has 0 radical (unpaired) electrons. The van der Waals surface area contributed by atoms with E-state index in [-0.39, 0.29) is 27.9 Å². The van der Waals surface area contributed by atoms with Crippen LogP contribution in [0.2, 0.25) is 5.02 Å². The van der Waals surface area contributed by atoms with Crippen molar-refractivity contribution in [2.75, 3.05) is 45.3 Å². The zero-order valence-corrected chi connectivity index (χ0v) is 32.1. The predicted molar refractivity (Wildman–Crippen MR) is 204 cm³/mol. The molecule has 10 nitrogen and oxygen atoms in total. The molecular formula is C41H48ClN3O7S. The third-order valence-corrected chi connectivity index (χ3v) is 13.4. The highest BCUT2D eigenvalue weighted by molar-refractivity contribution is 7.90. The van der Waals surface area contributed by atoms with Crippen LogP contribution in [0.25, 0.3) is 0 Å². The lowest BCUT2D eigenvalue weighted by molar-refractivity contribution is -0.148. The summed E-state index contributed by atoms with van der Waals surface area (Å²) in [4.78, 5) is 31.6. The lowest BCUT2D eigenvalue weighted by Crippen LogP contribution is -2.50. The molecule has 2 heterocycles. The summed E-state index contributed by atoms with van der Waals surface area (Å²) >= 11 is 6.46. The third kappa shape index (κ3) is 7.33. The Morgan fingerprint density at radius 3 is 2.62 bits per heavy atom. The molecule has 1 saturated carbocycles. The lowest BCUT2D eigenvalue weighted by atomic mass is 9.68. The van der Waals surface area contributed by atoms with Crippen molar-refractivity contribution in [1.82, 2.24) is 9.62 Å². The number of sulfonamides is 1. The Hall–Kier alpha value is -3.90. The van der Waals surface area contributed by atoms with Crippen molar-refractivity contribution in [3.05, 3.63) is 100 Å². The molecule has 0 aromatic heterocycles. The third-order valence-electron chi connectivity index (χ3n) is 11.9. The van der Waals surface area contributed by atoms with Crippen LogP contribution in [0.3, 0.4) is 0 Å². The van der Waals surface area contributed by atoms with E-state index in [9.17, 15) is 23.1 Å². The maximum Gasteiger partial charge on any atom is 0.270 e. The van der Waals surface area contributed by atoms with Crippen molar-refractivity contribution in [2.24, 2.45) is 11.8 Å². The van der Waals surface area contributed by atoms with E-state index in [1.54, 1.807) is 44.5 Å². The number of benzene rings is 3. The first-order valence-electron chi connectivity index (χ1n) is 18.4. The van der Waals surface area contributed by atoms with Gasteiger partial charge in [0.15, 0.2) is 5.60 Å². The number of fused-ring (bicyclic) bond motifs is 4. The SMILES string of the molecule is CO[C@H]1/C=C\CCN(C)C(=O)C[C@](O)(C(=O)NS(=O)(=O)c2ccc(C)cc2)c2ccc3c(c2)N(C[C@@H]2CC[C@H]21)C[C@@]1(CCCc2cc(Cl)ccc21)CO3. The van der Waals surface area contributed by atoms with Gasteiger partial charge in [0.05, 0.1) is 29.7 Å². The molecule has 3 aromatic carbocycles. The molecule has 4 aliphatic rings. The molecule has 2 bridgehead atoms. The summed E-state index contributed by atoms with van der Waals surface area (Å²) in [5, 5.41) is 13.1. The fourth-order valence-corrected chi connectivity index (χ4v) is 9.80. The topological polar surface area (TPSA) is 125 Å². The molecule has 282 valence electrons. The van der Waals surface area contributed by atoms with Crippen LogP contribution in [0.15, 0.2) is 77.7 Å². The molecule has 12 heteroatoms. The van der Waals surface area contributed by atoms with Crippen molar-refractivity contribution >= 4 is 39.1 Å². The van der Waals surface area contributed by atoms with E-state index in [0.717, 1.165) is 37.7 Å². The number of rotatable bonds is 4. The molecular weight excluding hydrogens is 714 g/mol. The molecule has 2 aliphatic carbocycles. The summed E-state index contributed by atoms with van der Waals surface area (Å²) in [6.45, 7) is 3.87. The van der Waals surface area contributed by atoms with Crippen LogP contribution in [-0.4, -0.2) is 76.7 Å². The molecule has 0 saturated heterocycles. The first kappa shape index (κ1) is 37.4. The Morgan fingerprint density at radius 2 is 1.89 bits per heavy atom. The second-order valence-electron chi connectivity index (χ2n) is 15.3. The number of amides is 2. The predicted octanol–water partition coefficient (Wildman–Crippen LogP) is 5.66. The molecule has 3 aromatic rings. The monoisotopic (exact) mass is 761 g/mol. The van der Waals surface area contributed by atoms with Gasteiger partial charge >= 0.3 is 0 Å². The average Bonchev–Trinajstić information content (AvgIpc) is 3.27. The van der Waals surface area contributed by atoms with Gasteiger partial charge in [-0.15, -0.1) is 0 Å². The second-order valence-corrected chi connectivity index (χ2v) is 17.4. The van der Waals surface area contributed by atoms with E-state index < -0.39 is 33.9 Å². The van der Waals surface area contributed by atoms with Gasteiger partial charge < -0.3 is 24.4 Å². The van der Waals surface area contributed by atoms with Crippen LogP contribution in [0.5, 0.6) is 5.75 Å². The number of aryl methyl sites for hydroxylation is 2. The van der Waals surface area contributed by atoms with Gasteiger partial charge in [-0.3, -0.25) is 9.59 Å². The fraction of sp³-hybridized carbons (Fsp3) is 0.463. The number of nitrogens with one attached hydrogen (secondary N) is 1. The molecule has 1 fully saturated rings. The standard InChI is InChI=1S/C41H48ClN3O7S/c1-27-9-14-32(15-10-27)53(49,50)43-39(47)41(48)23-38(46)44(2)20-5-4-8-36(51-3)33-16-11-29(33)24-45-25-40(26-52-37-18-12-30(41)22-35(37)45)19-6-7-28-21-31(42)13-17-34(28)40/h4,8-10,12-15,17-18,21-22,29,33,36,48H,5-7,11,16,19-20,23-26H2,1-3H3,(H,43,47)/b8-4-/t29-,33+,36-,40-,41+/m0/s1. The summed E-state index contributed by atoms with van der Waals surface area (Å²) < 4.78 is 41.7. The maximum absolute atomic E-state index is 14.2. The van der Waals surface area contributed by atoms with Gasteiger partial charge in [-0.05, 0) is 110 Å². The van der Waals surface area contributed by atoms with E-state index >= 15 is 0 Å². The van der Waals surface area contributed by atoms with Crippen molar-refractivity contribution in [2.45, 2.75) is 73.9 Å². The number of methoxy groups -OCH3 is 1. The van der Waals surface area contributed by atoms with Gasteiger partial charge in [-0.25, -0.2) is 13.1 Å². The van der Waals surface area contributed by atoms with E-state index in [2.05, 4.69) is 27.8 Å². The molecule has 1 spiro atoms. The van der Waals surface area contributed by atoms with E-state index in [1.165, 1.54) is 28.2 Å². The van der Waals surface area contributed by atoms with Gasteiger partial charge in [0.2, 0.25) is 5.91 Å². The first-order chi connectivity index (χ1) is 25.3. The number of carbonyl (C=O) groups is 2. The first-order valence-corrected chi connectivity index (χ1v) is 20.3. The molecule has 7 rings (SSSR count). The number of anilines is 1. The number of aliphatic hydroxyl groups is 1.